The summed E-state index contributed by atoms with van der Waals surface area (Å²) in [5.74, 6) is 1.77. The highest BCUT2D eigenvalue weighted by Crippen LogP contribution is 2.49. The summed E-state index contributed by atoms with van der Waals surface area (Å²) >= 11 is 6.04. The van der Waals surface area contributed by atoms with Crippen molar-refractivity contribution in [2.45, 2.75) is 88.0 Å². The minimum Gasteiger partial charge on any atom is -0.493 e. The number of aryl methyl sites for hydroxylation is 2. The summed E-state index contributed by atoms with van der Waals surface area (Å²) in [5, 5.41) is 3.94. The van der Waals surface area contributed by atoms with E-state index in [4.69, 9.17) is 21.1 Å². The molecular weight excluding hydrogens is 640 g/mol. The summed E-state index contributed by atoms with van der Waals surface area (Å²) in [7, 11) is 3.48. The summed E-state index contributed by atoms with van der Waals surface area (Å²) in [4.78, 5) is 15.7. The molecule has 1 spiro atoms. The molecule has 1 heterocycles. The molecule has 0 aromatic heterocycles. The Labute approximate surface area is 304 Å². The lowest BCUT2D eigenvalue weighted by atomic mass is 9.68. The summed E-state index contributed by atoms with van der Waals surface area (Å²) in [5.41, 5.74) is 6.60. The quantitative estimate of drug-likeness (QED) is 0.126. The third kappa shape index (κ3) is 8.05. The van der Waals surface area contributed by atoms with Crippen molar-refractivity contribution >= 4 is 17.5 Å². The number of amides is 1. The molecule has 1 unspecified atom stereocenters. The summed E-state index contributed by atoms with van der Waals surface area (Å²) in [6.45, 7) is 2.84. The molecular formula is C44H53ClN2O3. The minimum atomic E-state index is -0.152. The van der Waals surface area contributed by atoms with E-state index in [0.717, 1.165) is 67.3 Å². The number of hydrogen-bond donors (Lipinski definition) is 1. The van der Waals surface area contributed by atoms with Gasteiger partial charge in [0.15, 0.2) is 11.5 Å². The molecule has 4 aromatic rings. The van der Waals surface area contributed by atoms with Crippen LogP contribution in [0.1, 0.15) is 92.0 Å². The fraction of sp³-hybridized carbons (Fsp3) is 0.432. The van der Waals surface area contributed by atoms with E-state index in [9.17, 15) is 4.79 Å². The third-order valence-corrected chi connectivity index (χ3v) is 11.6. The van der Waals surface area contributed by atoms with Gasteiger partial charge in [0.1, 0.15) is 0 Å². The Morgan fingerprint density at radius 2 is 1.46 bits per heavy atom. The van der Waals surface area contributed by atoms with Gasteiger partial charge in [-0.1, -0.05) is 84.4 Å². The number of nitrogens with zero attached hydrogens (tertiary/aromatic N) is 1. The molecule has 6 rings (SSSR count). The predicted octanol–water partition coefficient (Wildman–Crippen LogP) is 9.67. The van der Waals surface area contributed by atoms with Crippen LogP contribution in [0.4, 0.5) is 0 Å². The molecule has 1 aliphatic carbocycles. The second-order valence-electron chi connectivity index (χ2n) is 14.2. The normalized spacial score (nSPS) is 17.7. The van der Waals surface area contributed by atoms with E-state index in [0.29, 0.717) is 19.4 Å². The van der Waals surface area contributed by atoms with Gasteiger partial charge in [0, 0.05) is 28.9 Å². The predicted molar refractivity (Wildman–Crippen MR) is 205 cm³/mol. The Balaban J connectivity index is 1.19. The Hall–Kier alpha value is -3.80. The fourth-order valence-corrected chi connectivity index (χ4v) is 8.97. The molecule has 1 atom stereocenters. The zero-order chi connectivity index (χ0) is 34.8. The van der Waals surface area contributed by atoms with Crippen molar-refractivity contribution < 1.29 is 14.3 Å². The lowest BCUT2D eigenvalue weighted by Crippen LogP contribution is -2.51. The molecule has 1 amide bonds. The summed E-state index contributed by atoms with van der Waals surface area (Å²) in [6.07, 6.45) is 12.3. The van der Waals surface area contributed by atoms with E-state index in [1.54, 1.807) is 14.2 Å². The summed E-state index contributed by atoms with van der Waals surface area (Å²) < 4.78 is 11.5. The monoisotopic (exact) mass is 692 g/mol. The maximum atomic E-state index is 12.8. The van der Waals surface area contributed by atoms with E-state index >= 15 is 0 Å². The molecule has 50 heavy (non-hydrogen) atoms. The van der Waals surface area contributed by atoms with Crippen LogP contribution in [-0.4, -0.2) is 44.7 Å². The van der Waals surface area contributed by atoms with Gasteiger partial charge in [0.25, 0.3) is 0 Å². The number of carbonyl (C=O) groups excluding carboxylic acids is 1. The van der Waals surface area contributed by atoms with Crippen LogP contribution in [0.15, 0.2) is 97.1 Å². The zero-order valence-corrected chi connectivity index (χ0v) is 30.7. The van der Waals surface area contributed by atoms with Gasteiger partial charge >= 0.3 is 0 Å². The highest BCUT2D eigenvalue weighted by Gasteiger charge is 2.44. The topological polar surface area (TPSA) is 50.8 Å². The number of halogens is 1. The number of rotatable bonds is 15. The van der Waals surface area contributed by atoms with Crippen molar-refractivity contribution in [2.75, 3.05) is 33.9 Å². The van der Waals surface area contributed by atoms with Gasteiger partial charge in [0.05, 0.1) is 14.2 Å². The van der Waals surface area contributed by atoms with E-state index < -0.39 is 0 Å². The molecule has 2 aliphatic rings. The first kappa shape index (κ1) is 36.0. The molecule has 5 nitrogen and oxygen atoms in total. The number of piperidine rings is 1. The van der Waals surface area contributed by atoms with Crippen LogP contribution in [0.3, 0.4) is 0 Å². The van der Waals surface area contributed by atoms with Gasteiger partial charge in [-0.2, -0.15) is 0 Å². The van der Waals surface area contributed by atoms with Crippen LogP contribution in [0, 0.1) is 0 Å². The lowest BCUT2D eigenvalue weighted by Gasteiger charge is -2.51. The largest absolute Gasteiger partial charge is 0.493 e. The number of hydrogen-bond acceptors (Lipinski definition) is 4. The lowest BCUT2D eigenvalue weighted by molar-refractivity contribution is -0.121. The van der Waals surface area contributed by atoms with Gasteiger partial charge in [-0.3, -0.25) is 9.69 Å². The Morgan fingerprint density at radius 3 is 2.14 bits per heavy atom. The molecule has 0 bridgehead atoms. The number of ether oxygens (including phenoxy) is 2. The van der Waals surface area contributed by atoms with Crippen LogP contribution < -0.4 is 14.8 Å². The van der Waals surface area contributed by atoms with Gasteiger partial charge < -0.3 is 14.8 Å². The third-order valence-electron chi connectivity index (χ3n) is 11.4. The molecule has 4 aromatic carbocycles. The van der Waals surface area contributed by atoms with Gasteiger partial charge in [-0.05, 0) is 136 Å². The first-order valence-corrected chi connectivity index (χ1v) is 19.0. The number of benzene rings is 4. The number of likely N-dealkylation sites (tertiary alicyclic amines) is 1. The average molecular weight is 693 g/mol. The number of carbonyl (C=O) groups is 1. The maximum absolute atomic E-state index is 12.8. The fourth-order valence-electron chi connectivity index (χ4n) is 8.84. The standard InChI is InChI=1S/C44H53ClN2O3/c1-49-40-32-35-14-11-28-44(39(35)33-41(40)50-2)27-9-10-30-47(44)31-13-26-43(36-15-5-3-6-16-36,37-17-7-4-8-18-37)25-12-29-46-42(48)24-21-34-19-22-38(45)23-20-34/h3-8,15-20,22-23,32-33H,9-14,21,24-31H2,1-2H3,(H,46,48). The van der Waals surface area contributed by atoms with Gasteiger partial charge in [-0.25, -0.2) is 0 Å². The van der Waals surface area contributed by atoms with Gasteiger partial charge in [0.2, 0.25) is 5.91 Å². The van der Waals surface area contributed by atoms with Crippen LogP contribution in [0.25, 0.3) is 0 Å². The van der Waals surface area contributed by atoms with Crippen molar-refractivity contribution in [1.29, 1.82) is 0 Å². The Kier molecular flexibility index (Phi) is 12.2. The highest BCUT2D eigenvalue weighted by atomic mass is 35.5. The number of fused-ring (bicyclic) bond motifs is 2. The van der Waals surface area contributed by atoms with Crippen molar-refractivity contribution in [3.05, 3.63) is 130 Å². The van der Waals surface area contributed by atoms with Crippen LogP contribution >= 0.6 is 11.6 Å². The number of nitrogens with one attached hydrogen (secondary N) is 1. The van der Waals surface area contributed by atoms with E-state index in [1.165, 1.54) is 54.4 Å². The van der Waals surface area contributed by atoms with Crippen LogP contribution in [-0.2, 0) is 28.6 Å². The maximum Gasteiger partial charge on any atom is 0.220 e. The highest BCUT2D eigenvalue weighted by molar-refractivity contribution is 6.30. The molecule has 0 radical (unpaired) electrons. The van der Waals surface area contributed by atoms with E-state index in [1.807, 2.05) is 24.3 Å². The SMILES string of the molecule is COc1cc2c(cc1OC)C1(CCCCN1CCCC(CCCNC(=O)CCc1ccc(Cl)cc1)(c1ccccc1)c1ccccc1)CCC2. The minimum absolute atomic E-state index is 0.0455. The van der Waals surface area contributed by atoms with Crippen molar-refractivity contribution in [2.24, 2.45) is 0 Å². The number of methoxy groups -OCH3 is 2. The summed E-state index contributed by atoms with van der Waals surface area (Å²) in [6, 6.07) is 34.4. The molecule has 1 N–H and O–H groups in total. The zero-order valence-electron chi connectivity index (χ0n) is 29.9. The van der Waals surface area contributed by atoms with Gasteiger partial charge in [-0.15, -0.1) is 0 Å². The smallest absolute Gasteiger partial charge is 0.220 e. The molecule has 0 saturated carbocycles. The van der Waals surface area contributed by atoms with E-state index in [-0.39, 0.29) is 16.9 Å². The van der Waals surface area contributed by atoms with Crippen LogP contribution in [0.2, 0.25) is 5.02 Å². The molecule has 1 saturated heterocycles. The molecule has 1 aliphatic heterocycles. The van der Waals surface area contributed by atoms with Crippen molar-refractivity contribution in [3.63, 3.8) is 0 Å². The Morgan fingerprint density at radius 1 is 0.820 bits per heavy atom. The van der Waals surface area contributed by atoms with E-state index in [2.05, 4.69) is 83.0 Å². The molecule has 6 heteroatoms. The molecule has 264 valence electrons. The van der Waals surface area contributed by atoms with Crippen molar-refractivity contribution in [1.82, 2.24) is 10.2 Å². The Bertz CT molecular complexity index is 1640. The second kappa shape index (κ2) is 16.9. The molecule has 1 fully saturated rings. The second-order valence-corrected chi connectivity index (χ2v) is 14.6. The van der Waals surface area contributed by atoms with Crippen molar-refractivity contribution in [3.8, 4) is 11.5 Å². The first-order chi connectivity index (χ1) is 24.5. The average Bonchev–Trinajstić information content (AvgIpc) is 3.16. The first-order valence-electron chi connectivity index (χ1n) is 18.6. The van der Waals surface area contributed by atoms with Crippen LogP contribution in [0.5, 0.6) is 11.5 Å².